The van der Waals surface area contributed by atoms with Gasteiger partial charge in [0.1, 0.15) is 5.75 Å². The van der Waals surface area contributed by atoms with Gasteiger partial charge in [-0.2, -0.15) is 0 Å². The van der Waals surface area contributed by atoms with Crippen LogP contribution in [-0.4, -0.2) is 43.8 Å². The van der Waals surface area contributed by atoms with Crippen molar-refractivity contribution in [1.82, 2.24) is 4.90 Å². The SMILES string of the molecule is CCOc1ccc(NC(=S)N(CC[NH+](C)C)Cc2ccccc2)cc1. The fourth-order valence-electron chi connectivity index (χ4n) is 2.42. The van der Waals surface area contributed by atoms with Crippen molar-refractivity contribution in [3.63, 3.8) is 0 Å². The van der Waals surface area contributed by atoms with Gasteiger partial charge < -0.3 is 19.9 Å². The molecule has 0 saturated carbocycles. The minimum atomic E-state index is 0.670. The van der Waals surface area contributed by atoms with Gasteiger partial charge in [-0.05, 0) is 49.0 Å². The molecule has 0 unspecified atom stereocenters. The first-order valence-corrected chi connectivity index (χ1v) is 9.11. The quantitative estimate of drug-likeness (QED) is 0.709. The normalized spacial score (nSPS) is 10.6. The number of rotatable bonds is 8. The second-order valence-electron chi connectivity index (χ2n) is 6.25. The van der Waals surface area contributed by atoms with Crippen LogP contribution in [0.4, 0.5) is 5.69 Å². The van der Waals surface area contributed by atoms with Crippen molar-refractivity contribution in [2.75, 3.05) is 39.1 Å². The van der Waals surface area contributed by atoms with Crippen LogP contribution in [0.15, 0.2) is 54.6 Å². The van der Waals surface area contributed by atoms with Gasteiger partial charge in [0.25, 0.3) is 0 Å². The molecule has 0 spiro atoms. The molecule has 0 aliphatic carbocycles. The number of nitrogens with one attached hydrogen (secondary N) is 2. The van der Waals surface area contributed by atoms with E-state index >= 15 is 0 Å². The van der Waals surface area contributed by atoms with Gasteiger partial charge in [-0.3, -0.25) is 0 Å². The van der Waals surface area contributed by atoms with Gasteiger partial charge in [-0.25, -0.2) is 0 Å². The fraction of sp³-hybridized carbons (Fsp3) is 0.350. The van der Waals surface area contributed by atoms with Crippen LogP contribution in [0, 0.1) is 0 Å². The number of thiocarbonyl (C=S) groups is 1. The van der Waals surface area contributed by atoms with E-state index in [0.29, 0.717) is 6.61 Å². The summed E-state index contributed by atoms with van der Waals surface area (Å²) in [5, 5.41) is 4.09. The van der Waals surface area contributed by atoms with E-state index in [9.17, 15) is 0 Å². The van der Waals surface area contributed by atoms with Crippen LogP contribution in [0.1, 0.15) is 12.5 Å². The molecule has 0 bridgehead atoms. The van der Waals surface area contributed by atoms with Gasteiger partial charge in [0.05, 0.1) is 33.8 Å². The molecule has 0 aliphatic heterocycles. The molecule has 0 atom stereocenters. The minimum Gasteiger partial charge on any atom is -0.494 e. The van der Waals surface area contributed by atoms with E-state index in [1.54, 1.807) is 0 Å². The van der Waals surface area contributed by atoms with Crippen molar-refractivity contribution in [3.8, 4) is 5.75 Å². The van der Waals surface area contributed by atoms with E-state index in [-0.39, 0.29) is 0 Å². The van der Waals surface area contributed by atoms with Crippen molar-refractivity contribution in [2.24, 2.45) is 0 Å². The van der Waals surface area contributed by atoms with E-state index in [4.69, 9.17) is 17.0 Å². The molecule has 0 aliphatic rings. The van der Waals surface area contributed by atoms with E-state index in [2.05, 4.69) is 48.6 Å². The van der Waals surface area contributed by atoms with Crippen molar-refractivity contribution in [1.29, 1.82) is 0 Å². The summed E-state index contributed by atoms with van der Waals surface area (Å²) in [5.74, 6) is 0.872. The first kappa shape index (κ1) is 19.2. The summed E-state index contributed by atoms with van der Waals surface area (Å²) in [6.45, 7) is 5.38. The lowest BCUT2D eigenvalue weighted by atomic mass is 10.2. The predicted molar refractivity (Wildman–Crippen MR) is 108 cm³/mol. The van der Waals surface area contributed by atoms with Crippen molar-refractivity contribution in [3.05, 3.63) is 60.2 Å². The van der Waals surface area contributed by atoms with Crippen LogP contribution < -0.4 is 15.0 Å². The highest BCUT2D eigenvalue weighted by molar-refractivity contribution is 7.80. The van der Waals surface area contributed by atoms with E-state index < -0.39 is 0 Å². The van der Waals surface area contributed by atoms with Crippen molar-refractivity contribution in [2.45, 2.75) is 13.5 Å². The summed E-state index contributed by atoms with van der Waals surface area (Å²) in [7, 11) is 4.31. The lowest BCUT2D eigenvalue weighted by Gasteiger charge is -2.26. The number of ether oxygens (including phenoxy) is 1. The van der Waals surface area contributed by atoms with Gasteiger partial charge in [-0.1, -0.05) is 30.3 Å². The molecule has 0 saturated heterocycles. The van der Waals surface area contributed by atoms with Gasteiger partial charge in [0.15, 0.2) is 5.11 Å². The zero-order chi connectivity index (χ0) is 18.1. The average molecular weight is 359 g/mol. The maximum absolute atomic E-state index is 5.67. The molecule has 25 heavy (non-hydrogen) atoms. The Hall–Kier alpha value is -2.11. The Morgan fingerprint density at radius 2 is 1.76 bits per heavy atom. The molecule has 0 aromatic heterocycles. The second-order valence-corrected chi connectivity index (χ2v) is 6.64. The summed E-state index contributed by atoms with van der Waals surface area (Å²) in [5.41, 5.74) is 2.23. The predicted octanol–water partition coefficient (Wildman–Crippen LogP) is 2.43. The van der Waals surface area contributed by atoms with Gasteiger partial charge in [0.2, 0.25) is 0 Å². The molecule has 2 rings (SSSR count). The van der Waals surface area contributed by atoms with Crippen molar-refractivity contribution < 1.29 is 9.64 Å². The average Bonchev–Trinajstić information content (AvgIpc) is 2.61. The van der Waals surface area contributed by atoms with E-state index in [1.165, 1.54) is 10.5 Å². The van der Waals surface area contributed by atoms with Crippen LogP contribution >= 0.6 is 12.2 Å². The molecule has 2 N–H and O–H groups in total. The number of benzene rings is 2. The number of quaternary nitrogens is 1. The number of likely N-dealkylation sites (N-methyl/N-ethyl adjacent to an activating group) is 1. The second kappa shape index (κ2) is 10.0. The lowest BCUT2D eigenvalue weighted by Crippen LogP contribution is -3.06. The van der Waals surface area contributed by atoms with Gasteiger partial charge in [-0.15, -0.1) is 0 Å². The molecule has 134 valence electrons. The monoisotopic (exact) mass is 358 g/mol. The zero-order valence-corrected chi connectivity index (χ0v) is 16.1. The standard InChI is InChI=1S/C20H27N3OS/c1-4-24-19-12-10-18(11-13-19)21-20(25)23(15-14-22(2)3)16-17-8-6-5-7-9-17/h5-13H,4,14-16H2,1-3H3,(H,21,25)/p+1. The molecular weight excluding hydrogens is 330 g/mol. The van der Waals surface area contributed by atoms with Crippen LogP contribution in [0.25, 0.3) is 0 Å². The third-order valence-corrected chi connectivity index (χ3v) is 4.16. The molecule has 4 nitrogen and oxygen atoms in total. The molecule has 5 heteroatoms. The topological polar surface area (TPSA) is 28.9 Å². The van der Waals surface area contributed by atoms with Crippen LogP contribution in [0.5, 0.6) is 5.75 Å². The maximum Gasteiger partial charge on any atom is 0.173 e. The smallest absolute Gasteiger partial charge is 0.173 e. The number of nitrogens with zero attached hydrogens (tertiary/aromatic N) is 1. The Morgan fingerprint density at radius 1 is 1.08 bits per heavy atom. The highest BCUT2D eigenvalue weighted by atomic mass is 32.1. The Bertz CT molecular complexity index is 644. The summed E-state index contributed by atoms with van der Waals surface area (Å²) < 4.78 is 5.48. The Balaban J connectivity index is 2.02. The van der Waals surface area contributed by atoms with Gasteiger partial charge in [0, 0.05) is 12.2 Å². The number of hydrogen-bond acceptors (Lipinski definition) is 2. The summed E-state index contributed by atoms with van der Waals surface area (Å²) in [6.07, 6.45) is 0. The Morgan fingerprint density at radius 3 is 2.36 bits per heavy atom. The van der Waals surface area contributed by atoms with E-state index in [1.807, 2.05) is 37.3 Å². The largest absolute Gasteiger partial charge is 0.494 e. The van der Waals surface area contributed by atoms with Crippen molar-refractivity contribution >= 4 is 23.0 Å². The highest BCUT2D eigenvalue weighted by Gasteiger charge is 2.12. The molecule has 0 amide bonds. The van der Waals surface area contributed by atoms with Crippen LogP contribution in [0.2, 0.25) is 0 Å². The minimum absolute atomic E-state index is 0.670. The number of anilines is 1. The molecular formula is C20H28N3OS+. The maximum atomic E-state index is 5.67. The Kier molecular flexibility index (Phi) is 7.70. The third-order valence-electron chi connectivity index (χ3n) is 3.80. The third kappa shape index (κ3) is 6.72. The first-order chi connectivity index (χ1) is 12.1. The number of hydrogen-bond donors (Lipinski definition) is 2. The summed E-state index contributed by atoms with van der Waals surface area (Å²) in [4.78, 5) is 3.62. The Labute approximate surface area is 156 Å². The lowest BCUT2D eigenvalue weighted by molar-refractivity contribution is -0.857. The summed E-state index contributed by atoms with van der Waals surface area (Å²) in [6, 6.07) is 18.3. The van der Waals surface area contributed by atoms with E-state index in [0.717, 1.165) is 36.2 Å². The van der Waals surface area contributed by atoms with Crippen LogP contribution in [-0.2, 0) is 6.54 Å². The first-order valence-electron chi connectivity index (χ1n) is 8.70. The van der Waals surface area contributed by atoms with Crippen LogP contribution in [0.3, 0.4) is 0 Å². The summed E-state index contributed by atoms with van der Waals surface area (Å²) >= 11 is 5.67. The molecule has 2 aromatic carbocycles. The zero-order valence-electron chi connectivity index (χ0n) is 15.3. The molecule has 0 fully saturated rings. The molecule has 2 aromatic rings. The highest BCUT2D eigenvalue weighted by Crippen LogP contribution is 2.16. The fourth-order valence-corrected chi connectivity index (χ4v) is 2.69. The molecule has 0 heterocycles. The van der Waals surface area contributed by atoms with Gasteiger partial charge >= 0.3 is 0 Å². The molecule has 0 radical (unpaired) electrons.